The van der Waals surface area contributed by atoms with Gasteiger partial charge in [-0.2, -0.15) is 0 Å². The standard InChI is InChI=1S/C25H46O4/c1-5-9-11-13-15-17-20-28-24(26)22(8-4)23(19-7-3)25(27)29-21-18-16-14-12-10-6-2/h5-21H2,1-4H3/b23-22-. The van der Waals surface area contributed by atoms with Crippen molar-refractivity contribution in [1.29, 1.82) is 0 Å². The molecule has 0 aromatic carbocycles. The van der Waals surface area contributed by atoms with Gasteiger partial charge in [0, 0.05) is 11.1 Å². The second-order valence-electron chi connectivity index (χ2n) is 7.87. The highest BCUT2D eigenvalue weighted by molar-refractivity contribution is 6.00. The van der Waals surface area contributed by atoms with E-state index in [-0.39, 0.29) is 11.9 Å². The van der Waals surface area contributed by atoms with Gasteiger partial charge in [0.1, 0.15) is 0 Å². The molecule has 0 aromatic heterocycles. The Kier molecular flexibility index (Phi) is 19.1. The summed E-state index contributed by atoms with van der Waals surface area (Å²) in [6.07, 6.45) is 15.7. The van der Waals surface area contributed by atoms with E-state index < -0.39 is 0 Å². The molecule has 0 rings (SSSR count). The number of ether oxygens (including phenoxy) is 2. The van der Waals surface area contributed by atoms with Gasteiger partial charge >= 0.3 is 11.9 Å². The van der Waals surface area contributed by atoms with Gasteiger partial charge in [0.15, 0.2) is 0 Å². The van der Waals surface area contributed by atoms with Crippen LogP contribution >= 0.6 is 0 Å². The van der Waals surface area contributed by atoms with Crippen molar-refractivity contribution in [1.82, 2.24) is 0 Å². The van der Waals surface area contributed by atoms with E-state index in [0.717, 1.165) is 32.1 Å². The largest absolute Gasteiger partial charge is 0.462 e. The summed E-state index contributed by atoms with van der Waals surface area (Å²) in [5, 5.41) is 0. The van der Waals surface area contributed by atoms with Gasteiger partial charge in [0.2, 0.25) is 0 Å². The normalized spacial score (nSPS) is 11.9. The molecule has 170 valence electrons. The molecule has 0 amide bonds. The topological polar surface area (TPSA) is 52.6 Å². The van der Waals surface area contributed by atoms with E-state index in [4.69, 9.17) is 9.47 Å². The monoisotopic (exact) mass is 410 g/mol. The van der Waals surface area contributed by atoms with Crippen LogP contribution < -0.4 is 0 Å². The highest BCUT2D eigenvalue weighted by atomic mass is 16.5. The van der Waals surface area contributed by atoms with E-state index in [1.54, 1.807) is 0 Å². The smallest absolute Gasteiger partial charge is 0.334 e. The van der Waals surface area contributed by atoms with Gasteiger partial charge in [-0.3, -0.25) is 0 Å². The minimum absolute atomic E-state index is 0.339. The van der Waals surface area contributed by atoms with Gasteiger partial charge in [-0.25, -0.2) is 9.59 Å². The van der Waals surface area contributed by atoms with Gasteiger partial charge in [-0.1, -0.05) is 98.3 Å². The predicted octanol–water partition coefficient (Wildman–Crippen LogP) is 7.30. The second-order valence-corrected chi connectivity index (χ2v) is 7.87. The number of esters is 2. The van der Waals surface area contributed by atoms with Crippen LogP contribution in [-0.4, -0.2) is 25.2 Å². The average molecular weight is 411 g/mol. The van der Waals surface area contributed by atoms with Crippen LogP contribution in [0.2, 0.25) is 0 Å². The molecule has 4 heteroatoms. The molecular formula is C25H46O4. The minimum Gasteiger partial charge on any atom is -0.462 e. The maximum Gasteiger partial charge on any atom is 0.334 e. The van der Waals surface area contributed by atoms with Gasteiger partial charge in [-0.05, 0) is 25.7 Å². The van der Waals surface area contributed by atoms with Crippen molar-refractivity contribution in [3.8, 4) is 0 Å². The third-order valence-electron chi connectivity index (χ3n) is 5.17. The summed E-state index contributed by atoms with van der Waals surface area (Å²) in [6.45, 7) is 9.18. The van der Waals surface area contributed by atoms with Crippen molar-refractivity contribution in [2.24, 2.45) is 0 Å². The lowest BCUT2D eigenvalue weighted by molar-refractivity contribution is -0.142. The lowest BCUT2D eigenvalue weighted by Crippen LogP contribution is -2.17. The zero-order chi connectivity index (χ0) is 21.7. The molecule has 0 saturated heterocycles. The van der Waals surface area contributed by atoms with Gasteiger partial charge in [0.05, 0.1) is 13.2 Å². The summed E-state index contributed by atoms with van der Waals surface area (Å²) in [4.78, 5) is 25.1. The molecule has 0 aromatic rings. The Morgan fingerprint density at radius 1 is 0.517 bits per heavy atom. The van der Waals surface area contributed by atoms with Crippen LogP contribution in [0.4, 0.5) is 0 Å². The highest BCUT2D eigenvalue weighted by Crippen LogP contribution is 2.19. The highest BCUT2D eigenvalue weighted by Gasteiger charge is 2.21. The molecule has 0 aliphatic carbocycles. The fraction of sp³-hybridized carbons (Fsp3) is 0.840. The van der Waals surface area contributed by atoms with Crippen molar-refractivity contribution in [3.63, 3.8) is 0 Å². The molecule has 0 radical (unpaired) electrons. The molecule has 0 unspecified atom stereocenters. The van der Waals surface area contributed by atoms with E-state index >= 15 is 0 Å². The fourth-order valence-electron chi connectivity index (χ4n) is 3.38. The molecule has 0 aliphatic rings. The number of rotatable bonds is 19. The molecule has 0 atom stereocenters. The number of hydrogen-bond acceptors (Lipinski definition) is 4. The first-order valence-corrected chi connectivity index (χ1v) is 12.2. The SMILES string of the molecule is CCCCCCCCOC(=O)/C(CC)=C(/CCC)C(=O)OCCCCCCCC. The summed E-state index contributed by atoms with van der Waals surface area (Å²) < 4.78 is 10.9. The van der Waals surface area contributed by atoms with Gasteiger partial charge in [-0.15, -0.1) is 0 Å². The van der Waals surface area contributed by atoms with Crippen LogP contribution in [-0.2, 0) is 19.1 Å². The Bertz CT molecular complexity index is 454. The third-order valence-corrected chi connectivity index (χ3v) is 5.17. The van der Waals surface area contributed by atoms with E-state index in [1.807, 2.05) is 13.8 Å². The van der Waals surface area contributed by atoms with Crippen molar-refractivity contribution < 1.29 is 19.1 Å². The van der Waals surface area contributed by atoms with Gasteiger partial charge < -0.3 is 9.47 Å². The minimum atomic E-state index is -0.346. The maximum atomic E-state index is 12.6. The van der Waals surface area contributed by atoms with Crippen molar-refractivity contribution in [3.05, 3.63) is 11.1 Å². The zero-order valence-electron chi connectivity index (χ0n) is 19.7. The van der Waals surface area contributed by atoms with E-state index in [9.17, 15) is 9.59 Å². The van der Waals surface area contributed by atoms with E-state index in [2.05, 4.69) is 13.8 Å². The molecule has 29 heavy (non-hydrogen) atoms. The van der Waals surface area contributed by atoms with E-state index in [1.165, 1.54) is 51.4 Å². The third kappa shape index (κ3) is 14.3. The van der Waals surface area contributed by atoms with Crippen LogP contribution in [0.5, 0.6) is 0 Å². The second kappa shape index (κ2) is 20.0. The summed E-state index contributed by atoms with van der Waals surface area (Å²) in [7, 11) is 0. The summed E-state index contributed by atoms with van der Waals surface area (Å²) in [6, 6.07) is 0. The molecule has 0 spiro atoms. The Labute approximate surface area is 179 Å². The number of hydrogen-bond donors (Lipinski definition) is 0. The lowest BCUT2D eigenvalue weighted by atomic mass is 10.0. The van der Waals surface area contributed by atoms with Crippen LogP contribution in [0, 0.1) is 0 Å². The summed E-state index contributed by atoms with van der Waals surface area (Å²) in [5.41, 5.74) is 1.000. The maximum absolute atomic E-state index is 12.6. The Hall–Kier alpha value is -1.32. The summed E-state index contributed by atoms with van der Waals surface area (Å²) in [5.74, 6) is -0.685. The quantitative estimate of drug-likeness (QED) is 0.127. The zero-order valence-corrected chi connectivity index (χ0v) is 19.7. The molecule has 0 fully saturated rings. The molecule has 0 bridgehead atoms. The predicted molar refractivity (Wildman–Crippen MR) is 121 cm³/mol. The average Bonchev–Trinajstić information content (AvgIpc) is 2.72. The lowest BCUT2D eigenvalue weighted by Gasteiger charge is -2.13. The number of carbonyl (C=O) groups is 2. The fourth-order valence-corrected chi connectivity index (χ4v) is 3.38. The molecule has 0 saturated carbocycles. The van der Waals surface area contributed by atoms with Crippen LogP contribution in [0.3, 0.4) is 0 Å². The number of carbonyl (C=O) groups excluding carboxylic acids is 2. The molecular weight excluding hydrogens is 364 g/mol. The van der Waals surface area contributed by atoms with Crippen molar-refractivity contribution in [2.45, 2.75) is 124 Å². The Balaban J connectivity index is 4.47. The van der Waals surface area contributed by atoms with Crippen molar-refractivity contribution >= 4 is 11.9 Å². The van der Waals surface area contributed by atoms with E-state index in [0.29, 0.717) is 37.2 Å². The molecule has 0 aliphatic heterocycles. The van der Waals surface area contributed by atoms with Crippen molar-refractivity contribution in [2.75, 3.05) is 13.2 Å². The molecule has 0 heterocycles. The first-order valence-electron chi connectivity index (χ1n) is 12.2. The number of unbranched alkanes of at least 4 members (excludes halogenated alkanes) is 10. The van der Waals surface area contributed by atoms with Gasteiger partial charge in [0.25, 0.3) is 0 Å². The van der Waals surface area contributed by atoms with Crippen LogP contribution in [0.1, 0.15) is 124 Å². The van der Waals surface area contributed by atoms with Crippen LogP contribution in [0.15, 0.2) is 11.1 Å². The summed E-state index contributed by atoms with van der Waals surface area (Å²) >= 11 is 0. The first kappa shape index (κ1) is 27.7. The Morgan fingerprint density at radius 2 is 0.931 bits per heavy atom. The Morgan fingerprint density at radius 3 is 1.34 bits per heavy atom. The van der Waals surface area contributed by atoms with Crippen LogP contribution in [0.25, 0.3) is 0 Å². The molecule has 0 N–H and O–H groups in total. The molecule has 4 nitrogen and oxygen atoms in total. The first-order chi connectivity index (χ1) is 14.1.